The molecule has 1 fully saturated rings. The first-order valence-corrected chi connectivity index (χ1v) is 3.42. The molecule has 0 aromatic rings. The number of esters is 1. The molecule has 0 aromatic heterocycles. The van der Waals surface area contributed by atoms with Crippen molar-refractivity contribution in [2.75, 3.05) is 0 Å². The lowest BCUT2D eigenvalue weighted by molar-refractivity contribution is -0.209. The Labute approximate surface area is 72.2 Å². The van der Waals surface area contributed by atoms with E-state index < -0.39 is 36.4 Å². The lowest BCUT2D eigenvalue weighted by Gasteiger charge is -2.31. The van der Waals surface area contributed by atoms with E-state index in [0.29, 0.717) is 0 Å². The largest absolute Gasteiger partial charge is 0.478 e. The first-order valence-electron chi connectivity index (χ1n) is 3.42. The zero-order chi connectivity index (χ0) is 10.2. The number of aliphatic hydroxyl groups is 3. The van der Waals surface area contributed by atoms with Gasteiger partial charge in [0.1, 0.15) is 12.2 Å². The molecule has 0 saturated carbocycles. The zero-order valence-corrected chi connectivity index (χ0v) is 6.32. The van der Waals surface area contributed by atoms with Gasteiger partial charge in [0.2, 0.25) is 6.10 Å². The fraction of sp³-hybridized carbons (Fsp3) is 0.667. The van der Waals surface area contributed by atoms with Crippen molar-refractivity contribution in [3.8, 4) is 0 Å². The van der Waals surface area contributed by atoms with Crippen LogP contribution in [0.4, 0.5) is 0 Å². The van der Waals surface area contributed by atoms with Gasteiger partial charge in [-0.15, -0.1) is 0 Å². The molecule has 0 aromatic carbocycles. The fourth-order valence-corrected chi connectivity index (χ4v) is 0.966. The molecule has 2 unspecified atom stereocenters. The summed E-state index contributed by atoms with van der Waals surface area (Å²) in [6.45, 7) is 0. The highest BCUT2D eigenvalue weighted by atomic mass is 16.6. The lowest BCUT2D eigenvalue weighted by atomic mass is 10.00. The van der Waals surface area contributed by atoms with Crippen LogP contribution >= 0.6 is 0 Å². The molecule has 1 heterocycles. The van der Waals surface area contributed by atoms with Gasteiger partial charge in [0.05, 0.1) is 0 Å². The maximum atomic E-state index is 10.7. The number of carbonyl (C=O) groups excluding carboxylic acids is 1. The maximum absolute atomic E-state index is 10.7. The third-order valence-corrected chi connectivity index (χ3v) is 1.71. The topological polar surface area (TPSA) is 124 Å². The van der Waals surface area contributed by atoms with Gasteiger partial charge in [-0.1, -0.05) is 0 Å². The van der Waals surface area contributed by atoms with Crippen molar-refractivity contribution in [1.82, 2.24) is 0 Å². The number of carboxylic acids is 1. The molecular formula is C6H8O7. The van der Waals surface area contributed by atoms with Gasteiger partial charge >= 0.3 is 11.9 Å². The summed E-state index contributed by atoms with van der Waals surface area (Å²) in [6.07, 6.45) is -7.37. The fourth-order valence-electron chi connectivity index (χ4n) is 0.966. The Morgan fingerprint density at radius 3 is 2.23 bits per heavy atom. The highest BCUT2D eigenvalue weighted by molar-refractivity contribution is 5.83. The van der Waals surface area contributed by atoms with Crippen LogP contribution in [0.15, 0.2) is 0 Å². The first-order chi connectivity index (χ1) is 5.95. The second kappa shape index (κ2) is 3.29. The minimum Gasteiger partial charge on any atom is -0.478 e. The molecule has 0 amide bonds. The molecule has 0 radical (unpaired) electrons. The monoisotopic (exact) mass is 192 g/mol. The lowest BCUT2D eigenvalue weighted by Crippen LogP contribution is -2.57. The average molecular weight is 192 g/mol. The second-order valence-corrected chi connectivity index (χ2v) is 2.62. The molecule has 0 bridgehead atoms. The van der Waals surface area contributed by atoms with Crippen molar-refractivity contribution in [1.29, 1.82) is 0 Å². The van der Waals surface area contributed by atoms with Gasteiger partial charge < -0.3 is 25.2 Å². The molecule has 1 aliphatic rings. The van der Waals surface area contributed by atoms with Crippen LogP contribution in [0.1, 0.15) is 0 Å². The number of rotatable bonds is 1. The number of aliphatic hydroxyl groups excluding tert-OH is 3. The van der Waals surface area contributed by atoms with E-state index in [4.69, 9.17) is 20.4 Å². The zero-order valence-electron chi connectivity index (χ0n) is 6.32. The van der Waals surface area contributed by atoms with Gasteiger partial charge in [-0.2, -0.15) is 0 Å². The number of carbonyl (C=O) groups is 2. The number of ether oxygens (including phenoxy) is 1. The minimum atomic E-state index is -1.90. The molecule has 4 N–H and O–H groups in total. The summed E-state index contributed by atoms with van der Waals surface area (Å²) < 4.78 is 4.14. The summed E-state index contributed by atoms with van der Waals surface area (Å²) in [5.41, 5.74) is 0. The standard InChI is InChI=1S/C6H8O7/c7-1-2(8)4(5(10)11)13-6(12)3(1)9/h1-4,7-9H,(H,10,11)/t1-,2-,3?,4?/m0/s1. The molecule has 0 spiro atoms. The second-order valence-electron chi connectivity index (χ2n) is 2.62. The van der Waals surface area contributed by atoms with Crippen LogP contribution in [-0.2, 0) is 14.3 Å². The van der Waals surface area contributed by atoms with Gasteiger partial charge in [0.25, 0.3) is 0 Å². The predicted molar refractivity (Wildman–Crippen MR) is 35.5 cm³/mol. The minimum absolute atomic E-state index is 1.26. The smallest absolute Gasteiger partial charge is 0.347 e. The SMILES string of the molecule is O=C1OC(C(=O)O)[C@@H](O)[C@H](O)C1O. The van der Waals surface area contributed by atoms with Gasteiger partial charge in [-0.25, -0.2) is 9.59 Å². The first kappa shape index (κ1) is 9.90. The van der Waals surface area contributed by atoms with E-state index in [-0.39, 0.29) is 0 Å². The molecule has 0 aliphatic carbocycles. The molecular weight excluding hydrogens is 184 g/mol. The van der Waals surface area contributed by atoms with Crippen LogP contribution in [0.2, 0.25) is 0 Å². The summed E-state index contributed by atoms with van der Waals surface area (Å²) in [5.74, 6) is -2.84. The van der Waals surface area contributed by atoms with Crippen molar-refractivity contribution in [2.45, 2.75) is 24.4 Å². The molecule has 7 heteroatoms. The Morgan fingerprint density at radius 1 is 1.23 bits per heavy atom. The number of carboxylic acid groups (broad SMARTS) is 1. The van der Waals surface area contributed by atoms with E-state index >= 15 is 0 Å². The van der Waals surface area contributed by atoms with Crippen molar-refractivity contribution in [3.63, 3.8) is 0 Å². The molecule has 13 heavy (non-hydrogen) atoms. The number of cyclic esters (lactones) is 1. The summed E-state index contributed by atoms with van der Waals surface area (Å²) >= 11 is 0. The Hall–Kier alpha value is -1.18. The Balaban J connectivity index is 2.82. The van der Waals surface area contributed by atoms with Crippen LogP contribution in [0.25, 0.3) is 0 Å². The van der Waals surface area contributed by atoms with Crippen LogP contribution in [-0.4, -0.2) is 56.8 Å². The molecule has 4 atom stereocenters. The van der Waals surface area contributed by atoms with Gasteiger partial charge in [0.15, 0.2) is 6.10 Å². The van der Waals surface area contributed by atoms with Crippen molar-refractivity contribution >= 4 is 11.9 Å². The van der Waals surface area contributed by atoms with Gasteiger partial charge in [-0.05, 0) is 0 Å². The Bertz CT molecular complexity index is 237. The maximum Gasteiger partial charge on any atom is 0.347 e. The molecule has 1 rings (SSSR count). The van der Waals surface area contributed by atoms with Gasteiger partial charge in [-0.3, -0.25) is 0 Å². The number of hydrogen-bond donors (Lipinski definition) is 4. The quantitative estimate of drug-likeness (QED) is 0.328. The van der Waals surface area contributed by atoms with Crippen molar-refractivity contribution in [2.24, 2.45) is 0 Å². The van der Waals surface area contributed by atoms with Crippen molar-refractivity contribution in [3.05, 3.63) is 0 Å². The normalized spacial score (nSPS) is 39.8. The van der Waals surface area contributed by atoms with Gasteiger partial charge in [0, 0.05) is 0 Å². The number of aliphatic carboxylic acids is 1. The van der Waals surface area contributed by atoms with E-state index in [1.54, 1.807) is 0 Å². The van der Waals surface area contributed by atoms with Crippen molar-refractivity contribution < 1.29 is 34.8 Å². The molecule has 7 nitrogen and oxygen atoms in total. The van der Waals surface area contributed by atoms with E-state index in [1.165, 1.54) is 0 Å². The van der Waals surface area contributed by atoms with Crippen LogP contribution in [0.3, 0.4) is 0 Å². The molecule has 1 aliphatic heterocycles. The van der Waals surface area contributed by atoms with E-state index in [0.717, 1.165) is 0 Å². The Morgan fingerprint density at radius 2 is 1.77 bits per heavy atom. The highest BCUT2D eigenvalue weighted by Crippen LogP contribution is 2.16. The summed E-state index contributed by atoms with van der Waals surface area (Å²) in [6, 6.07) is 0. The van der Waals surface area contributed by atoms with E-state index in [1.807, 2.05) is 0 Å². The molecule has 1 saturated heterocycles. The molecule has 74 valence electrons. The van der Waals surface area contributed by atoms with Crippen LogP contribution in [0.5, 0.6) is 0 Å². The predicted octanol–water partition coefficient (Wildman–Crippen LogP) is -2.92. The average Bonchev–Trinajstić information content (AvgIpc) is 2.07. The Kier molecular flexibility index (Phi) is 2.50. The van der Waals surface area contributed by atoms with E-state index in [9.17, 15) is 9.59 Å². The van der Waals surface area contributed by atoms with Crippen LogP contribution < -0.4 is 0 Å². The summed E-state index contributed by atoms with van der Waals surface area (Å²) in [7, 11) is 0. The third-order valence-electron chi connectivity index (χ3n) is 1.71. The third kappa shape index (κ3) is 1.62. The van der Waals surface area contributed by atoms with Crippen LogP contribution in [0, 0.1) is 0 Å². The summed E-state index contributed by atoms with van der Waals surface area (Å²) in [5, 5.41) is 35.2. The van der Waals surface area contributed by atoms with E-state index in [2.05, 4.69) is 4.74 Å². The summed E-state index contributed by atoms with van der Waals surface area (Å²) in [4.78, 5) is 21.0. The highest BCUT2D eigenvalue weighted by Gasteiger charge is 2.46. The number of hydrogen-bond acceptors (Lipinski definition) is 6.